The van der Waals surface area contributed by atoms with E-state index in [0.717, 1.165) is 5.56 Å². The maximum Gasteiger partial charge on any atom is 0.236 e. The molecule has 0 aromatic heterocycles. The highest BCUT2D eigenvalue weighted by molar-refractivity contribution is 6.35. The van der Waals surface area contributed by atoms with Crippen molar-refractivity contribution in [1.82, 2.24) is 10.6 Å². The Morgan fingerprint density at radius 2 is 1.94 bits per heavy atom. The zero-order chi connectivity index (χ0) is 13.0. The van der Waals surface area contributed by atoms with Gasteiger partial charge in [-0.25, -0.2) is 0 Å². The van der Waals surface area contributed by atoms with Crippen LogP contribution in [0.5, 0.6) is 0 Å². The zero-order valence-corrected chi connectivity index (χ0v) is 11.6. The highest BCUT2D eigenvalue weighted by Crippen LogP contribution is 2.26. The van der Waals surface area contributed by atoms with E-state index in [1.807, 2.05) is 13.0 Å². The van der Waals surface area contributed by atoms with Gasteiger partial charge in [-0.05, 0) is 31.5 Å². The van der Waals surface area contributed by atoms with Crippen LogP contribution in [0.4, 0.5) is 0 Å². The molecule has 0 unspecified atom stereocenters. The lowest BCUT2D eigenvalue weighted by molar-refractivity contribution is -0.122. The Balaban J connectivity index is 2.76. The average molecular weight is 275 g/mol. The van der Waals surface area contributed by atoms with E-state index < -0.39 is 0 Å². The van der Waals surface area contributed by atoms with Crippen molar-refractivity contribution in [3.63, 3.8) is 0 Å². The van der Waals surface area contributed by atoms with Crippen molar-refractivity contribution in [3.05, 3.63) is 33.8 Å². The number of rotatable bonds is 4. The Hall–Kier alpha value is -0.770. The molecular formula is C12H16Cl2N2O. The lowest BCUT2D eigenvalue weighted by Gasteiger charge is -2.20. The second-order valence-electron chi connectivity index (χ2n) is 3.89. The molecule has 0 heterocycles. The molecule has 17 heavy (non-hydrogen) atoms. The van der Waals surface area contributed by atoms with Crippen LogP contribution in [0.1, 0.15) is 25.5 Å². The van der Waals surface area contributed by atoms with Gasteiger partial charge in [-0.2, -0.15) is 0 Å². The van der Waals surface area contributed by atoms with Crippen LogP contribution in [-0.4, -0.2) is 19.0 Å². The lowest BCUT2D eigenvalue weighted by atomic mass is 10.1. The van der Waals surface area contributed by atoms with Gasteiger partial charge in [0.2, 0.25) is 5.91 Å². The monoisotopic (exact) mass is 274 g/mol. The van der Waals surface area contributed by atoms with Crippen LogP contribution in [0, 0.1) is 0 Å². The maximum absolute atomic E-state index is 11.4. The Labute approximate surface area is 111 Å². The van der Waals surface area contributed by atoms with Crippen molar-refractivity contribution >= 4 is 29.1 Å². The normalized spacial score (nSPS) is 14.2. The molecule has 1 aromatic rings. The number of likely N-dealkylation sites (N-methyl/N-ethyl adjacent to an activating group) is 1. The van der Waals surface area contributed by atoms with Gasteiger partial charge >= 0.3 is 0 Å². The molecule has 94 valence electrons. The van der Waals surface area contributed by atoms with E-state index in [1.165, 1.54) is 0 Å². The topological polar surface area (TPSA) is 41.1 Å². The Morgan fingerprint density at radius 3 is 2.47 bits per heavy atom. The van der Waals surface area contributed by atoms with Crippen LogP contribution in [0.3, 0.4) is 0 Å². The van der Waals surface area contributed by atoms with Crippen LogP contribution in [0.2, 0.25) is 10.0 Å². The van der Waals surface area contributed by atoms with Gasteiger partial charge in [0.25, 0.3) is 0 Å². The molecule has 3 nitrogen and oxygen atoms in total. The number of carbonyl (C=O) groups excluding carboxylic acids is 1. The van der Waals surface area contributed by atoms with Gasteiger partial charge in [0.15, 0.2) is 0 Å². The molecular weight excluding hydrogens is 259 g/mol. The summed E-state index contributed by atoms with van der Waals surface area (Å²) in [5.74, 6) is -0.0538. The molecule has 0 spiro atoms. The van der Waals surface area contributed by atoms with Crippen molar-refractivity contribution in [2.75, 3.05) is 7.05 Å². The smallest absolute Gasteiger partial charge is 0.236 e. The molecule has 1 aromatic carbocycles. The molecule has 0 bridgehead atoms. The van der Waals surface area contributed by atoms with Gasteiger partial charge in [0.1, 0.15) is 0 Å². The highest BCUT2D eigenvalue weighted by atomic mass is 35.5. The molecule has 2 atom stereocenters. The minimum Gasteiger partial charge on any atom is -0.358 e. The van der Waals surface area contributed by atoms with Crippen molar-refractivity contribution in [2.24, 2.45) is 0 Å². The quantitative estimate of drug-likeness (QED) is 0.887. The second-order valence-corrected chi connectivity index (χ2v) is 4.73. The summed E-state index contributed by atoms with van der Waals surface area (Å²) < 4.78 is 0. The predicted molar refractivity (Wildman–Crippen MR) is 71.5 cm³/mol. The molecule has 5 heteroatoms. The van der Waals surface area contributed by atoms with E-state index in [-0.39, 0.29) is 18.0 Å². The lowest BCUT2D eigenvalue weighted by Crippen LogP contribution is -2.41. The number of benzene rings is 1. The van der Waals surface area contributed by atoms with Gasteiger partial charge in [0, 0.05) is 23.1 Å². The Bertz CT molecular complexity index is 409. The molecule has 0 fully saturated rings. The number of amides is 1. The SMILES string of the molecule is CNC(=O)[C@H](C)N[C@H](C)c1ccc(Cl)cc1Cl. The van der Waals surface area contributed by atoms with Crippen LogP contribution in [0.15, 0.2) is 18.2 Å². The molecule has 0 aliphatic rings. The minimum atomic E-state index is -0.276. The number of halogens is 2. The fourth-order valence-corrected chi connectivity index (χ4v) is 2.18. The first-order valence-corrected chi connectivity index (χ1v) is 6.14. The van der Waals surface area contributed by atoms with Crippen molar-refractivity contribution < 1.29 is 4.79 Å². The molecule has 1 amide bonds. The van der Waals surface area contributed by atoms with E-state index in [1.54, 1.807) is 26.1 Å². The summed E-state index contributed by atoms with van der Waals surface area (Å²) in [6.45, 7) is 3.76. The molecule has 2 N–H and O–H groups in total. The fourth-order valence-electron chi connectivity index (χ4n) is 1.61. The van der Waals surface area contributed by atoms with Gasteiger partial charge in [-0.15, -0.1) is 0 Å². The molecule has 0 aliphatic heterocycles. The molecule has 1 rings (SSSR count). The summed E-state index contributed by atoms with van der Waals surface area (Å²) >= 11 is 11.9. The third-order valence-electron chi connectivity index (χ3n) is 2.57. The first-order valence-electron chi connectivity index (χ1n) is 5.38. The number of nitrogens with one attached hydrogen (secondary N) is 2. The van der Waals surface area contributed by atoms with Crippen LogP contribution >= 0.6 is 23.2 Å². The van der Waals surface area contributed by atoms with Crippen LogP contribution in [0.25, 0.3) is 0 Å². The van der Waals surface area contributed by atoms with E-state index in [9.17, 15) is 4.79 Å². The third-order valence-corrected chi connectivity index (χ3v) is 3.13. The summed E-state index contributed by atoms with van der Waals surface area (Å²) in [7, 11) is 1.61. The second kappa shape index (κ2) is 6.24. The molecule has 0 aliphatic carbocycles. The summed E-state index contributed by atoms with van der Waals surface area (Å²) in [4.78, 5) is 11.4. The van der Waals surface area contributed by atoms with Crippen molar-refractivity contribution in [1.29, 1.82) is 0 Å². The van der Waals surface area contributed by atoms with Gasteiger partial charge < -0.3 is 5.32 Å². The van der Waals surface area contributed by atoms with Crippen LogP contribution in [-0.2, 0) is 4.79 Å². The first-order chi connectivity index (χ1) is 7.95. The third kappa shape index (κ3) is 3.87. The van der Waals surface area contributed by atoms with Gasteiger partial charge in [-0.3, -0.25) is 10.1 Å². The van der Waals surface area contributed by atoms with E-state index in [0.29, 0.717) is 10.0 Å². The van der Waals surface area contributed by atoms with E-state index in [4.69, 9.17) is 23.2 Å². The summed E-state index contributed by atoms with van der Waals surface area (Å²) in [5, 5.41) is 6.96. The zero-order valence-electron chi connectivity index (χ0n) is 10.1. The van der Waals surface area contributed by atoms with Crippen LogP contribution < -0.4 is 10.6 Å². The largest absolute Gasteiger partial charge is 0.358 e. The Kier molecular flexibility index (Phi) is 5.25. The van der Waals surface area contributed by atoms with Crippen molar-refractivity contribution in [2.45, 2.75) is 25.9 Å². The average Bonchev–Trinajstić information content (AvgIpc) is 2.27. The predicted octanol–water partition coefficient (Wildman–Crippen LogP) is 2.78. The molecule has 0 saturated carbocycles. The number of hydrogen-bond acceptors (Lipinski definition) is 2. The summed E-state index contributed by atoms with van der Waals surface area (Å²) in [6, 6.07) is 5.04. The first kappa shape index (κ1) is 14.3. The minimum absolute atomic E-state index is 0.0212. The molecule has 0 radical (unpaired) electrons. The summed E-state index contributed by atoms with van der Waals surface area (Å²) in [5.41, 5.74) is 0.923. The van der Waals surface area contributed by atoms with Gasteiger partial charge in [0.05, 0.1) is 6.04 Å². The molecule has 0 saturated heterocycles. The number of carbonyl (C=O) groups is 1. The van der Waals surface area contributed by atoms with E-state index >= 15 is 0 Å². The maximum atomic E-state index is 11.4. The Morgan fingerprint density at radius 1 is 1.29 bits per heavy atom. The standard InChI is InChI=1S/C12H16Cl2N2O/c1-7(16-8(2)12(17)15-3)10-5-4-9(13)6-11(10)14/h4-8,16H,1-3H3,(H,15,17)/t7-,8+/m1/s1. The fraction of sp³-hybridized carbons (Fsp3) is 0.417. The van der Waals surface area contributed by atoms with E-state index in [2.05, 4.69) is 10.6 Å². The number of hydrogen-bond donors (Lipinski definition) is 2. The highest BCUT2D eigenvalue weighted by Gasteiger charge is 2.16. The van der Waals surface area contributed by atoms with Gasteiger partial charge in [-0.1, -0.05) is 29.3 Å². The summed E-state index contributed by atoms with van der Waals surface area (Å²) in [6.07, 6.45) is 0. The van der Waals surface area contributed by atoms with Crippen molar-refractivity contribution in [3.8, 4) is 0 Å².